The third kappa shape index (κ3) is 2.70. The van der Waals surface area contributed by atoms with Gasteiger partial charge in [-0.05, 0) is 12.8 Å². The van der Waals surface area contributed by atoms with Crippen LogP contribution in [0.25, 0.3) is 0 Å². The minimum atomic E-state index is -0.228. The van der Waals surface area contributed by atoms with Gasteiger partial charge in [-0.2, -0.15) is 0 Å². The third-order valence-corrected chi connectivity index (χ3v) is 1.94. The molecule has 0 atom stereocenters. The summed E-state index contributed by atoms with van der Waals surface area (Å²) >= 11 is 5.56. The average Bonchev–Trinajstić information content (AvgIpc) is 2.13. The Morgan fingerprint density at radius 3 is 3.15 bits per heavy atom. The van der Waals surface area contributed by atoms with Gasteiger partial charge in [0.1, 0.15) is 0 Å². The fourth-order valence-electron chi connectivity index (χ4n) is 1.00. The van der Waals surface area contributed by atoms with Crippen molar-refractivity contribution in [1.29, 1.82) is 0 Å². The van der Waals surface area contributed by atoms with Crippen molar-refractivity contribution in [2.45, 2.75) is 19.4 Å². The topological polar surface area (TPSA) is 34.9 Å². The van der Waals surface area contributed by atoms with E-state index in [-0.39, 0.29) is 10.7 Å². The highest BCUT2D eigenvalue weighted by atomic mass is 35.5. The number of rotatable bonds is 4. The molecule has 1 aromatic heterocycles. The molecule has 0 amide bonds. The molecule has 0 spiro atoms. The van der Waals surface area contributed by atoms with E-state index in [9.17, 15) is 4.79 Å². The summed E-state index contributed by atoms with van der Waals surface area (Å²) in [6.45, 7) is 4.27. The van der Waals surface area contributed by atoms with Crippen molar-refractivity contribution < 1.29 is 0 Å². The lowest BCUT2D eigenvalue weighted by atomic mass is 10.3. The van der Waals surface area contributed by atoms with Gasteiger partial charge in [0.15, 0.2) is 5.15 Å². The fourth-order valence-corrected chi connectivity index (χ4v) is 1.17. The van der Waals surface area contributed by atoms with E-state index in [4.69, 9.17) is 11.6 Å². The highest BCUT2D eigenvalue weighted by molar-refractivity contribution is 6.29. The fraction of sp³-hybridized carbons (Fsp3) is 0.333. The van der Waals surface area contributed by atoms with E-state index >= 15 is 0 Å². The lowest BCUT2D eigenvalue weighted by Gasteiger charge is -2.02. The number of hydrogen-bond donors (Lipinski definition) is 0. The lowest BCUT2D eigenvalue weighted by Crippen LogP contribution is -2.20. The number of halogens is 1. The highest BCUT2D eigenvalue weighted by Gasteiger charge is 1.99. The van der Waals surface area contributed by atoms with Crippen LogP contribution in [0.2, 0.25) is 5.15 Å². The van der Waals surface area contributed by atoms with E-state index in [0.29, 0.717) is 6.54 Å². The Morgan fingerprint density at radius 1 is 1.69 bits per heavy atom. The van der Waals surface area contributed by atoms with Crippen molar-refractivity contribution in [3.63, 3.8) is 0 Å². The normalized spacial score (nSPS) is 9.92. The van der Waals surface area contributed by atoms with Gasteiger partial charge in [0, 0.05) is 18.9 Å². The van der Waals surface area contributed by atoms with Gasteiger partial charge in [-0.1, -0.05) is 17.7 Å². The van der Waals surface area contributed by atoms with Crippen molar-refractivity contribution >= 4 is 11.6 Å². The zero-order valence-corrected chi connectivity index (χ0v) is 8.00. The molecule has 1 rings (SSSR count). The number of nitrogens with zero attached hydrogens (tertiary/aromatic N) is 2. The van der Waals surface area contributed by atoms with Gasteiger partial charge in [-0.25, -0.2) is 4.98 Å². The first-order valence-electron chi connectivity index (χ1n) is 4.07. The first-order chi connectivity index (χ1) is 6.25. The van der Waals surface area contributed by atoms with E-state index in [1.807, 2.05) is 6.08 Å². The molecule has 0 unspecified atom stereocenters. The first-order valence-corrected chi connectivity index (χ1v) is 4.45. The molecule has 0 saturated carbocycles. The Morgan fingerprint density at radius 2 is 2.46 bits per heavy atom. The molecule has 0 aliphatic carbocycles. The van der Waals surface area contributed by atoms with Crippen LogP contribution in [0.3, 0.4) is 0 Å². The summed E-state index contributed by atoms with van der Waals surface area (Å²) in [4.78, 5) is 15.0. The highest BCUT2D eigenvalue weighted by Crippen LogP contribution is 1.96. The van der Waals surface area contributed by atoms with Crippen molar-refractivity contribution in [2.24, 2.45) is 0 Å². The summed E-state index contributed by atoms with van der Waals surface area (Å²) in [6, 6.07) is 0. The molecule has 4 heteroatoms. The Bertz CT molecular complexity index is 346. The molecule has 0 aliphatic heterocycles. The summed E-state index contributed by atoms with van der Waals surface area (Å²) in [6.07, 6.45) is 6.78. The molecule has 1 aromatic rings. The van der Waals surface area contributed by atoms with Crippen LogP contribution in [0.4, 0.5) is 0 Å². The maximum absolute atomic E-state index is 11.3. The molecule has 0 bridgehead atoms. The van der Waals surface area contributed by atoms with E-state index in [1.165, 1.54) is 6.20 Å². The van der Waals surface area contributed by atoms with Crippen molar-refractivity contribution in [2.75, 3.05) is 0 Å². The SMILES string of the molecule is C=CCCCn1ccnc(Cl)c1=O. The smallest absolute Gasteiger partial charge is 0.288 e. The second-order valence-corrected chi connectivity index (χ2v) is 3.01. The van der Waals surface area contributed by atoms with Crippen LogP contribution < -0.4 is 5.56 Å². The van der Waals surface area contributed by atoms with E-state index in [2.05, 4.69) is 11.6 Å². The van der Waals surface area contributed by atoms with E-state index in [0.717, 1.165) is 12.8 Å². The summed E-state index contributed by atoms with van der Waals surface area (Å²) in [5.74, 6) is 0. The standard InChI is InChI=1S/C9H11ClN2O/c1-2-3-4-6-12-7-5-11-8(10)9(12)13/h2,5,7H,1,3-4,6H2. The minimum Gasteiger partial charge on any atom is -0.311 e. The minimum absolute atomic E-state index is 0.0288. The molecule has 3 nitrogen and oxygen atoms in total. The van der Waals surface area contributed by atoms with Crippen LogP contribution in [0.15, 0.2) is 29.8 Å². The molecule has 70 valence electrons. The third-order valence-electron chi connectivity index (χ3n) is 1.68. The van der Waals surface area contributed by atoms with E-state index in [1.54, 1.807) is 10.8 Å². The predicted molar refractivity (Wildman–Crippen MR) is 52.9 cm³/mol. The largest absolute Gasteiger partial charge is 0.311 e. The van der Waals surface area contributed by atoms with Gasteiger partial charge in [0.05, 0.1) is 0 Å². The van der Waals surface area contributed by atoms with Crippen LogP contribution in [0.1, 0.15) is 12.8 Å². The van der Waals surface area contributed by atoms with Gasteiger partial charge in [-0.3, -0.25) is 4.79 Å². The zero-order valence-electron chi connectivity index (χ0n) is 7.24. The number of unbranched alkanes of at least 4 members (excludes halogenated alkanes) is 1. The molecule has 0 N–H and O–H groups in total. The predicted octanol–water partition coefficient (Wildman–Crippen LogP) is 1.86. The Kier molecular flexibility index (Phi) is 3.71. The van der Waals surface area contributed by atoms with Gasteiger partial charge < -0.3 is 4.57 Å². The first kappa shape index (κ1) is 9.99. The van der Waals surface area contributed by atoms with Gasteiger partial charge >= 0.3 is 0 Å². The monoisotopic (exact) mass is 198 g/mol. The average molecular weight is 199 g/mol. The molecule has 0 fully saturated rings. The van der Waals surface area contributed by atoms with Gasteiger partial charge in [0.2, 0.25) is 0 Å². The number of aromatic nitrogens is 2. The Balaban J connectivity index is 2.72. The molecule has 1 heterocycles. The quantitative estimate of drug-likeness (QED) is 0.547. The van der Waals surface area contributed by atoms with Crippen molar-refractivity contribution in [3.05, 3.63) is 40.6 Å². The van der Waals surface area contributed by atoms with E-state index < -0.39 is 0 Å². The summed E-state index contributed by atoms with van der Waals surface area (Å²) in [5.41, 5.74) is -0.228. The second kappa shape index (κ2) is 4.82. The summed E-state index contributed by atoms with van der Waals surface area (Å²) in [5, 5.41) is 0.0288. The molecular formula is C9H11ClN2O. The van der Waals surface area contributed by atoms with Crippen LogP contribution in [0.5, 0.6) is 0 Å². The maximum Gasteiger partial charge on any atom is 0.288 e. The van der Waals surface area contributed by atoms with Gasteiger partial charge in [-0.15, -0.1) is 6.58 Å². The Labute approximate surface area is 81.7 Å². The summed E-state index contributed by atoms with van der Waals surface area (Å²) < 4.78 is 1.55. The van der Waals surface area contributed by atoms with Crippen LogP contribution in [0, 0.1) is 0 Å². The summed E-state index contributed by atoms with van der Waals surface area (Å²) in [7, 11) is 0. The van der Waals surface area contributed by atoms with Crippen LogP contribution in [-0.2, 0) is 6.54 Å². The Hall–Kier alpha value is -1.09. The van der Waals surface area contributed by atoms with Crippen molar-refractivity contribution in [3.8, 4) is 0 Å². The zero-order chi connectivity index (χ0) is 9.68. The molecule has 0 radical (unpaired) electrons. The second-order valence-electron chi connectivity index (χ2n) is 2.65. The van der Waals surface area contributed by atoms with Crippen molar-refractivity contribution in [1.82, 2.24) is 9.55 Å². The molecule has 13 heavy (non-hydrogen) atoms. The molecular weight excluding hydrogens is 188 g/mol. The number of hydrogen-bond acceptors (Lipinski definition) is 2. The van der Waals surface area contributed by atoms with Crippen LogP contribution in [-0.4, -0.2) is 9.55 Å². The molecule has 0 aliphatic rings. The lowest BCUT2D eigenvalue weighted by molar-refractivity contribution is 0.624. The number of allylic oxidation sites excluding steroid dienone is 1. The maximum atomic E-state index is 11.3. The molecule has 0 saturated heterocycles. The van der Waals surface area contributed by atoms with Crippen LogP contribution >= 0.6 is 11.6 Å². The molecule has 0 aromatic carbocycles. The number of aryl methyl sites for hydroxylation is 1. The van der Waals surface area contributed by atoms with Gasteiger partial charge in [0.25, 0.3) is 5.56 Å².